The highest BCUT2D eigenvalue weighted by Crippen LogP contribution is 2.35. The van der Waals surface area contributed by atoms with E-state index >= 15 is 0 Å². The Labute approximate surface area is 149 Å². The zero-order valence-corrected chi connectivity index (χ0v) is 14.6. The molecule has 0 aliphatic carbocycles. The SMILES string of the molecule is COCC(NC(=O)C1CC(=O)N(c2cc(Cl)ccc2OC)C1)C(=O)O. The van der Waals surface area contributed by atoms with Crippen molar-refractivity contribution in [3.8, 4) is 5.75 Å². The molecule has 0 bridgehead atoms. The van der Waals surface area contributed by atoms with Crippen molar-refractivity contribution in [2.75, 3.05) is 32.3 Å². The number of carboxylic acids is 1. The second-order valence-electron chi connectivity index (χ2n) is 5.58. The number of carboxylic acid groups (broad SMARTS) is 1. The van der Waals surface area contributed by atoms with Gasteiger partial charge in [0.15, 0.2) is 6.04 Å². The molecule has 0 spiro atoms. The number of methoxy groups -OCH3 is 2. The molecule has 1 aliphatic heterocycles. The zero-order valence-electron chi connectivity index (χ0n) is 13.8. The molecule has 0 radical (unpaired) electrons. The molecule has 1 aromatic rings. The molecule has 2 N–H and O–H groups in total. The van der Waals surface area contributed by atoms with Crippen LogP contribution in [0.2, 0.25) is 5.02 Å². The van der Waals surface area contributed by atoms with Crippen molar-refractivity contribution in [3.05, 3.63) is 23.2 Å². The number of carbonyl (C=O) groups excluding carboxylic acids is 2. The highest BCUT2D eigenvalue weighted by atomic mass is 35.5. The molecular formula is C16H19ClN2O6. The molecule has 0 aromatic heterocycles. The summed E-state index contributed by atoms with van der Waals surface area (Å²) in [4.78, 5) is 37.2. The maximum Gasteiger partial charge on any atom is 0.328 e. The number of nitrogens with zero attached hydrogens (tertiary/aromatic N) is 1. The Morgan fingerprint density at radius 3 is 2.76 bits per heavy atom. The molecule has 1 fully saturated rings. The third-order valence-electron chi connectivity index (χ3n) is 3.88. The number of hydrogen-bond acceptors (Lipinski definition) is 5. The number of aliphatic carboxylic acids is 1. The van der Waals surface area contributed by atoms with Crippen molar-refractivity contribution >= 4 is 35.1 Å². The average molecular weight is 371 g/mol. The van der Waals surface area contributed by atoms with Crippen molar-refractivity contribution in [3.63, 3.8) is 0 Å². The first-order valence-electron chi connectivity index (χ1n) is 7.53. The standard InChI is InChI=1S/C16H19ClN2O6/c1-24-8-11(16(22)23)18-15(21)9-5-14(20)19(7-9)12-6-10(17)3-4-13(12)25-2/h3-4,6,9,11H,5,7-8H2,1-2H3,(H,18,21)(H,22,23). The average Bonchev–Trinajstić information content (AvgIpc) is 2.96. The van der Waals surface area contributed by atoms with Crippen molar-refractivity contribution in [2.45, 2.75) is 12.5 Å². The van der Waals surface area contributed by atoms with E-state index in [-0.39, 0.29) is 25.5 Å². The molecule has 1 saturated heterocycles. The lowest BCUT2D eigenvalue weighted by Crippen LogP contribution is -2.46. The maximum atomic E-state index is 12.3. The van der Waals surface area contributed by atoms with Crippen LogP contribution in [0.15, 0.2) is 18.2 Å². The van der Waals surface area contributed by atoms with Gasteiger partial charge in [-0.15, -0.1) is 0 Å². The van der Waals surface area contributed by atoms with E-state index in [1.54, 1.807) is 18.2 Å². The van der Waals surface area contributed by atoms with Crippen LogP contribution in [0.4, 0.5) is 5.69 Å². The molecule has 2 atom stereocenters. The Morgan fingerprint density at radius 1 is 1.44 bits per heavy atom. The van der Waals surface area contributed by atoms with E-state index in [0.29, 0.717) is 16.5 Å². The van der Waals surface area contributed by atoms with Crippen LogP contribution in [-0.2, 0) is 19.1 Å². The molecule has 9 heteroatoms. The fourth-order valence-electron chi connectivity index (χ4n) is 2.62. The van der Waals surface area contributed by atoms with Crippen molar-refractivity contribution in [1.82, 2.24) is 5.32 Å². The molecule has 8 nitrogen and oxygen atoms in total. The van der Waals surface area contributed by atoms with Crippen LogP contribution < -0.4 is 15.0 Å². The second kappa shape index (κ2) is 8.17. The molecule has 2 amide bonds. The van der Waals surface area contributed by atoms with Gasteiger partial charge in [0.25, 0.3) is 0 Å². The quantitative estimate of drug-likeness (QED) is 0.739. The summed E-state index contributed by atoms with van der Waals surface area (Å²) in [6, 6.07) is 3.69. The summed E-state index contributed by atoms with van der Waals surface area (Å²) in [5, 5.41) is 11.9. The van der Waals surface area contributed by atoms with E-state index < -0.39 is 23.8 Å². The predicted molar refractivity (Wildman–Crippen MR) is 89.9 cm³/mol. The van der Waals surface area contributed by atoms with Crippen LogP contribution in [0.3, 0.4) is 0 Å². The zero-order chi connectivity index (χ0) is 18.6. The summed E-state index contributed by atoms with van der Waals surface area (Å²) >= 11 is 5.99. The molecular weight excluding hydrogens is 352 g/mol. The van der Waals surface area contributed by atoms with Gasteiger partial charge < -0.3 is 24.8 Å². The van der Waals surface area contributed by atoms with Gasteiger partial charge in [0.05, 0.1) is 25.3 Å². The van der Waals surface area contributed by atoms with Gasteiger partial charge in [0, 0.05) is 25.1 Å². The van der Waals surface area contributed by atoms with E-state index in [4.69, 9.17) is 26.2 Å². The highest BCUT2D eigenvalue weighted by Gasteiger charge is 2.37. The number of anilines is 1. The first-order chi connectivity index (χ1) is 11.9. The van der Waals surface area contributed by atoms with Gasteiger partial charge in [-0.3, -0.25) is 9.59 Å². The molecule has 1 heterocycles. The van der Waals surface area contributed by atoms with Crippen molar-refractivity contribution in [1.29, 1.82) is 0 Å². The predicted octanol–water partition coefficient (Wildman–Crippen LogP) is 0.917. The lowest BCUT2D eigenvalue weighted by atomic mass is 10.1. The number of nitrogens with one attached hydrogen (secondary N) is 1. The van der Waals surface area contributed by atoms with Crippen LogP contribution >= 0.6 is 11.6 Å². The van der Waals surface area contributed by atoms with Gasteiger partial charge in [-0.1, -0.05) is 11.6 Å². The monoisotopic (exact) mass is 370 g/mol. The third kappa shape index (κ3) is 4.40. The van der Waals surface area contributed by atoms with E-state index in [9.17, 15) is 14.4 Å². The van der Waals surface area contributed by atoms with Gasteiger partial charge >= 0.3 is 5.97 Å². The second-order valence-corrected chi connectivity index (χ2v) is 6.01. The maximum absolute atomic E-state index is 12.3. The van der Waals surface area contributed by atoms with E-state index in [0.717, 1.165) is 0 Å². The van der Waals surface area contributed by atoms with Crippen molar-refractivity contribution < 1.29 is 29.0 Å². The lowest BCUT2D eigenvalue weighted by Gasteiger charge is -2.20. The topological polar surface area (TPSA) is 105 Å². The molecule has 2 unspecified atom stereocenters. The van der Waals surface area contributed by atoms with Crippen LogP contribution in [0.5, 0.6) is 5.75 Å². The Kier molecular flexibility index (Phi) is 6.22. The summed E-state index contributed by atoms with van der Waals surface area (Å²) in [6.45, 7) is -0.0474. The van der Waals surface area contributed by atoms with Crippen LogP contribution in [0, 0.1) is 5.92 Å². The van der Waals surface area contributed by atoms with Gasteiger partial charge in [-0.05, 0) is 18.2 Å². The molecule has 1 aromatic carbocycles. The lowest BCUT2D eigenvalue weighted by molar-refractivity contribution is -0.143. The first-order valence-corrected chi connectivity index (χ1v) is 7.91. The Balaban J connectivity index is 2.13. The Morgan fingerprint density at radius 2 is 2.16 bits per heavy atom. The number of benzene rings is 1. The minimum Gasteiger partial charge on any atom is -0.495 e. The number of hydrogen-bond donors (Lipinski definition) is 2. The van der Waals surface area contributed by atoms with E-state index in [2.05, 4.69) is 5.32 Å². The minimum absolute atomic E-state index is 0.0270. The van der Waals surface area contributed by atoms with Gasteiger partial charge in [0.2, 0.25) is 11.8 Å². The van der Waals surface area contributed by atoms with Gasteiger partial charge in [0.1, 0.15) is 5.75 Å². The largest absolute Gasteiger partial charge is 0.495 e. The Hall–Kier alpha value is -2.32. The fourth-order valence-corrected chi connectivity index (χ4v) is 2.79. The van der Waals surface area contributed by atoms with Crippen LogP contribution in [-0.4, -0.2) is 56.3 Å². The highest BCUT2D eigenvalue weighted by molar-refractivity contribution is 6.31. The summed E-state index contributed by atoms with van der Waals surface area (Å²) in [7, 11) is 2.81. The minimum atomic E-state index is -1.20. The summed E-state index contributed by atoms with van der Waals surface area (Å²) in [5.74, 6) is -2.19. The number of carbonyl (C=O) groups is 3. The molecule has 2 rings (SSSR count). The molecule has 0 saturated carbocycles. The molecule has 25 heavy (non-hydrogen) atoms. The summed E-state index contributed by atoms with van der Waals surface area (Å²) in [5.41, 5.74) is 0.474. The first kappa shape index (κ1) is 19.0. The van der Waals surface area contributed by atoms with Crippen molar-refractivity contribution in [2.24, 2.45) is 5.92 Å². The smallest absolute Gasteiger partial charge is 0.328 e. The number of rotatable bonds is 7. The van der Waals surface area contributed by atoms with E-state index in [1.165, 1.54) is 19.1 Å². The number of ether oxygens (including phenoxy) is 2. The summed E-state index contributed by atoms with van der Waals surface area (Å²) < 4.78 is 10.0. The molecule has 1 aliphatic rings. The number of amides is 2. The van der Waals surface area contributed by atoms with Gasteiger partial charge in [-0.2, -0.15) is 0 Å². The normalized spacial score (nSPS) is 18.1. The number of halogens is 1. The Bertz CT molecular complexity index is 681. The summed E-state index contributed by atoms with van der Waals surface area (Å²) in [6.07, 6.45) is -0.0270. The molecule has 136 valence electrons. The third-order valence-corrected chi connectivity index (χ3v) is 4.11. The fraction of sp³-hybridized carbons (Fsp3) is 0.438. The van der Waals surface area contributed by atoms with Crippen LogP contribution in [0.1, 0.15) is 6.42 Å². The van der Waals surface area contributed by atoms with Gasteiger partial charge in [-0.25, -0.2) is 4.79 Å². The van der Waals surface area contributed by atoms with Crippen LogP contribution in [0.25, 0.3) is 0 Å². The van der Waals surface area contributed by atoms with E-state index in [1.807, 2.05) is 0 Å².